The summed E-state index contributed by atoms with van der Waals surface area (Å²) in [4.78, 5) is 18.6. The van der Waals surface area contributed by atoms with Crippen molar-refractivity contribution in [1.29, 1.82) is 0 Å². The molecule has 0 radical (unpaired) electrons. The van der Waals surface area contributed by atoms with Crippen molar-refractivity contribution in [3.8, 4) is 5.75 Å². The van der Waals surface area contributed by atoms with Crippen molar-refractivity contribution in [3.63, 3.8) is 0 Å². The second kappa shape index (κ2) is 12.0. The number of guanidine groups is 1. The summed E-state index contributed by atoms with van der Waals surface area (Å²) in [5, 5.41) is 6.65. The molecule has 1 aliphatic rings. The average Bonchev–Trinajstić information content (AvgIpc) is 3.14. The number of hydrogen-bond donors (Lipinski definition) is 2. The maximum Gasteiger partial charge on any atom is 0.230 e. The molecule has 0 saturated heterocycles. The van der Waals surface area contributed by atoms with Crippen LogP contribution in [0.4, 0.5) is 0 Å². The lowest BCUT2D eigenvalue weighted by atomic mass is 9.84. The Balaban J connectivity index is 0.00000364. The number of benzene rings is 1. The smallest absolute Gasteiger partial charge is 0.230 e. The minimum atomic E-state index is -0.294. The molecule has 0 spiro atoms. The van der Waals surface area contributed by atoms with Gasteiger partial charge >= 0.3 is 0 Å². The standard InChI is InChI=1S/C20H32N4O2.HI/c1-21-19(22-14-9-15-26-17-10-5-4-6-11-17)23-16-20(12-7-8-13-20)18(25)24(2)3;/h4-6,10-11H,7-9,12-16H2,1-3H3,(H2,21,22,23);1H. The van der Waals surface area contributed by atoms with Gasteiger partial charge in [-0.2, -0.15) is 0 Å². The molecule has 2 rings (SSSR count). The van der Waals surface area contributed by atoms with Crippen LogP contribution < -0.4 is 15.4 Å². The van der Waals surface area contributed by atoms with E-state index in [1.165, 1.54) is 0 Å². The van der Waals surface area contributed by atoms with Gasteiger partial charge in [-0.05, 0) is 31.4 Å². The Kier molecular flexibility index (Phi) is 10.5. The normalized spacial score (nSPS) is 15.6. The first-order valence-electron chi connectivity index (χ1n) is 9.41. The van der Waals surface area contributed by atoms with Gasteiger partial charge in [0.1, 0.15) is 5.75 Å². The molecule has 0 aliphatic heterocycles. The highest BCUT2D eigenvalue weighted by Gasteiger charge is 2.42. The number of hydrogen-bond acceptors (Lipinski definition) is 3. The number of rotatable bonds is 8. The Morgan fingerprint density at radius 2 is 1.85 bits per heavy atom. The predicted molar refractivity (Wildman–Crippen MR) is 121 cm³/mol. The van der Waals surface area contributed by atoms with Crippen LogP contribution in [0.25, 0.3) is 0 Å². The van der Waals surface area contributed by atoms with Gasteiger partial charge in [0.15, 0.2) is 5.96 Å². The minimum Gasteiger partial charge on any atom is -0.494 e. The van der Waals surface area contributed by atoms with Crippen molar-refractivity contribution in [2.75, 3.05) is 40.8 Å². The van der Waals surface area contributed by atoms with Crippen molar-refractivity contribution >= 4 is 35.8 Å². The Labute approximate surface area is 180 Å². The Bertz CT molecular complexity index is 587. The van der Waals surface area contributed by atoms with Crippen molar-refractivity contribution in [2.24, 2.45) is 10.4 Å². The summed E-state index contributed by atoms with van der Waals surface area (Å²) in [5.74, 6) is 1.84. The zero-order valence-corrected chi connectivity index (χ0v) is 19.0. The van der Waals surface area contributed by atoms with E-state index in [1.807, 2.05) is 44.4 Å². The fourth-order valence-electron chi connectivity index (χ4n) is 3.45. The molecule has 1 aromatic rings. The van der Waals surface area contributed by atoms with Gasteiger partial charge in [-0.25, -0.2) is 0 Å². The van der Waals surface area contributed by atoms with Crippen LogP contribution in [0.2, 0.25) is 0 Å². The maximum absolute atomic E-state index is 12.6. The van der Waals surface area contributed by atoms with Gasteiger partial charge in [-0.1, -0.05) is 31.0 Å². The van der Waals surface area contributed by atoms with Crippen LogP contribution in [0.15, 0.2) is 35.3 Å². The molecular formula is C20H33IN4O2. The van der Waals surface area contributed by atoms with Crippen LogP contribution >= 0.6 is 24.0 Å². The Morgan fingerprint density at radius 3 is 2.44 bits per heavy atom. The summed E-state index contributed by atoms with van der Waals surface area (Å²) in [7, 11) is 5.43. The van der Waals surface area contributed by atoms with E-state index in [-0.39, 0.29) is 35.3 Å². The van der Waals surface area contributed by atoms with Crippen LogP contribution in [0.5, 0.6) is 5.75 Å². The first kappa shape index (κ1) is 23.5. The number of aliphatic imine (C=N–C) groups is 1. The lowest BCUT2D eigenvalue weighted by molar-refractivity contribution is -0.138. The van der Waals surface area contributed by atoms with Gasteiger partial charge < -0.3 is 20.3 Å². The molecule has 1 saturated carbocycles. The molecule has 0 bridgehead atoms. The molecule has 0 unspecified atom stereocenters. The minimum absolute atomic E-state index is 0. The molecule has 1 amide bonds. The highest BCUT2D eigenvalue weighted by Crippen LogP contribution is 2.38. The van der Waals surface area contributed by atoms with Crippen LogP contribution in [0, 0.1) is 5.41 Å². The molecule has 2 N–H and O–H groups in total. The molecular weight excluding hydrogens is 455 g/mol. The summed E-state index contributed by atoms with van der Waals surface area (Å²) in [5.41, 5.74) is -0.294. The molecule has 1 aromatic carbocycles. The molecule has 0 aromatic heterocycles. The van der Waals surface area contributed by atoms with Gasteiger partial charge in [-0.15, -0.1) is 24.0 Å². The molecule has 1 aliphatic carbocycles. The number of carbonyl (C=O) groups is 1. The lowest BCUT2D eigenvalue weighted by Crippen LogP contribution is -2.49. The largest absolute Gasteiger partial charge is 0.494 e. The lowest BCUT2D eigenvalue weighted by Gasteiger charge is -2.31. The third-order valence-electron chi connectivity index (χ3n) is 4.86. The number of nitrogens with one attached hydrogen (secondary N) is 2. The monoisotopic (exact) mass is 488 g/mol. The fraction of sp³-hybridized carbons (Fsp3) is 0.600. The van der Waals surface area contributed by atoms with E-state index in [9.17, 15) is 4.79 Å². The highest BCUT2D eigenvalue weighted by molar-refractivity contribution is 14.0. The van der Waals surface area contributed by atoms with Crippen LogP contribution in [-0.2, 0) is 4.79 Å². The summed E-state index contributed by atoms with van der Waals surface area (Å²) >= 11 is 0. The Morgan fingerprint density at radius 1 is 1.19 bits per heavy atom. The topological polar surface area (TPSA) is 66.0 Å². The first-order chi connectivity index (χ1) is 12.6. The van der Waals surface area contributed by atoms with E-state index in [0.717, 1.165) is 50.4 Å². The van der Waals surface area contributed by atoms with Crippen LogP contribution in [0.1, 0.15) is 32.1 Å². The predicted octanol–water partition coefficient (Wildman–Crippen LogP) is 2.89. The van der Waals surface area contributed by atoms with Gasteiger partial charge in [0, 0.05) is 34.2 Å². The van der Waals surface area contributed by atoms with Crippen molar-refractivity contribution in [3.05, 3.63) is 30.3 Å². The average molecular weight is 488 g/mol. The molecule has 27 heavy (non-hydrogen) atoms. The van der Waals surface area contributed by atoms with E-state index in [2.05, 4.69) is 15.6 Å². The second-order valence-electron chi connectivity index (χ2n) is 7.05. The number of ether oxygens (including phenoxy) is 1. The number of amides is 1. The summed E-state index contributed by atoms with van der Waals surface area (Å²) < 4.78 is 5.69. The van der Waals surface area contributed by atoms with Crippen LogP contribution in [0.3, 0.4) is 0 Å². The maximum atomic E-state index is 12.6. The molecule has 152 valence electrons. The molecule has 1 fully saturated rings. The number of nitrogens with zero attached hydrogens (tertiary/aromatic N) is 2. The van der Waals surface area contributed by atoms with Crippen LogP contribution in [-0.4, -0.2) is 57.6 Å². The van der Waals surface area contributed by atoms with E-state index in [4.69, 9.17) is 4.74 Å². The van der Waals surface area contributed by atoms with E-state index >= 15 is 0 Å². The van der Waals surface area contributed by atoms with Gasteiger partial charge in [0.05, 0.1) is 12.0 Å². The van der Waals surface area contributed by atoms with Gasteiger partial charge in [-0.3, -0.25) is 9.79 Å². The summed E-state index contributed by atoms with van der Waals surface area (Å²) in [6.45, 7) is 2.04. The van der Waals surface area contributed by atoms with Crippen molar-refractivity contribution in [1.82, 2.24) is 15.5 Å². The second-order valence-corrected chi connectivity index (χ2v) is 7.05. The SMILES string of the molecule is CN=C(NCCCOc1ccccc1)NCC1(C(=O)N(C)C)CCCC1.I. The molecule has 7 heteroatoms. The molecule has 0 atom stereocenters. The fourth-order valence-corrected chi connectivity index (χ4v) is 3.45. The van der Waals surface area contributed by atoms with Gasteiger partial charge in [0.2, 0.25) is 5.91 Å². The highest BCUT2D eigenvalue weighted by atomic mass is 127. The summed E-state index contributed by atoms with van der Waals surface area (Å²) in [6.07, 6.45) is 4.99. The quantitative estimate of drug-likeness (QED) is 0.256. The molecule has 0 heterocycles. The number of carbonyl (C=O) groups excluding carboxylic acids is 1. The number of halogens is 1. The van der Waals surface area contributed by atoms with Crippen molar-refractivity contribution < 1.29 is 9.53 Å². The van der Waals surface area contributed by atoms with E-state index < -0.39 is 0 Å². The van der Waals surface area contributed by atoms with E-state index in [0.29, 0.717) is 13.2 Å². The van der Waals surface area contributed by atoms with Gasteiger partial charge in [0.25, 0.3) is 0 Å². The zero-order valence-electron chi connectivity index (χ0n) is 16.7. The number of para-hydroxylation sites is 1. The molecule has 6 nitrogen and oxygen atoms in total. The zero-order chi connectivity index (χ0) is 18.8. The first-order valence-corrected chi connectivity index (χ1v) is 9.41. The third kappa shape index (κ3) is 7.20. The summed E-state index contributed by atoms with van der Waals surface area (Å²) in [6, 6.07) is 9.82. The van der Waals surface area contributed by atoms with E-state index in [1.54, 1.807) is 11.9 Å². The Hall–Kier alpha value is -1.51. The third-order valence-corrected chi connectivity index (χ3v) is 4.86. The van der Waals surface area contributed by atoms with Crippen molar-refractivity contribution in [2.45, 2.75) is 32.1 Å².